The first-order valence-corrected chi connectivity index (χ1v) is 7.34. The number of hydrogen-bond acceptors (Lipinski definition) is 2. The smallest absolute Gasteiger partial charge is 0.220 e. The van der Waals surface area contributed by atoms with Gasteiger partial charge in [-0.2, -0.15) is 0 Å². The zero-order chi connectivity index (χ0) is 13.9. The summed E-state index contributed by atoms with van der Waals surface area (Å²) in [5.41, 5.74) is 7.55. The molecule has 0 aromatic heterocycles. The Morgan fingerprint density at radius 3 is 2.53 bits per heavy atom. The van der Waals surface area contributed by atoms with Crippen LogP contribution in [-0.4, -0.2) is 5.91 Å². The number of para-hydroxylation sites is 1. The Morgan fingerprint density at radius 2 is 1.79 bits per heavy atom. The van der Waals surface area contributed by atoms with Crippen LogP contribution < -0.4 is 11.1 Å². The van der Waals surface area contributed by atoms with E-state index in [1.807, 2.05) is 24.3 Å². The van der Waals surface area contributed by atoms with Crippen LogP contribution in [0.5, 0.6) is 0 Å². The van der Waals surface area contributed by atoms with Crippen molar-refractivity contribution in [1.29, 1.82) is 0 Å². The third-order valence-corrected chi connectivity index (χ3v) is 3.29. The Balaban J connectivity index is 2.10. The van der Waals surface area contributed by atoms with E-state index in [2.05, 4.69) is 12.2 Å². The molecule has 1 aromatic carbocycles. The lowest BCUT2D eigenvalue weighted by molar-refractivity contribution is -0.121. The molecule has 0 atom stereocenters. The second-order valence-electron chi connectivity index (χ2n) is 4.99. The van der Waals surface area contributed by atoms with E-state index in [1.165, 1.54) is 25.7 Å². The summed E-state index contributed by atoms with van der Waals surface area (Å²) in [7, 11) is 0. The van der Waals surface area contributed by atoms with Gasteiger partial charge in [0, 0.05) is 18.7 Å². The van der Waals surface area contributed by atoms with Gasteiger partial charge in [0.2, 0.25) is 5.91 Å². The average molecular weight is 262 g/mol. The van der Waals surface area contributed by atoms with Gasteiger partial charge in [-0.05, 0) is 18.1 Å². The van der Waals surface area contributed by atoms with Gasteiger partial charge in [-0.3, -0.25) is 4.79 Å². The largest absolute Gasteiger partial charge is 0.398 e. The van der Waals surface area contributed by atoms with E-state index >= 15 is 0 Å². The summed E-state index contributed by atoms with van der Waals surface area (Å²) in [5.74, 6) is 0.124. The number of carbonyl (C=O) groups is 1. The average Bonchev–Trinajstić information content (AvgIpc) is 2.42. The van der Waals surface area contributed by atoms with Gasteiger partial charge in [0.05, 0.1) is 0 Å². The maximum absolute atomic E-state index is 11.7. The normalized spacial score (nSPS) is 10.4. The minimum Gasteiger partial charge on any atom is -0.398 e. The lowest BCUT2D eigenvalue weighted by Gasteiger charge is -2.07. The van der Waals surface area contributed by atoms with Crippen LogP contribution in [0.15, 0.2) is 24.3 Å². The molecule has 0 radical (unpaired) electrons. The Hall–Kier alpha value is -1.51. The Labute approximate surface area is 116 Å². The van der Waals surface area contributed by atoms with Gasteiger partial charge in [0.25, 0.3) is 0 Å². The van der Waals surface area contributed by atoms with Crippen molar-refractivity contribution < 1.29 is 4.79 Å². The van der Waals surface area contributed by atoms with Gasteiger partial charge >= 0.3 is 0 Å². The summed E-state index contributed by atoms with van der Waals surface area (Å²) in [6.45, 7) is 2.74. The van der Waals surface area contributed by atoms with E-state index < -0.39 is 0 Å². The van der Waals surface area contributed by atoms with E-state index in [9.17, 15) is 4.79 Å². The maximum atomic E-state index is 11.7. The van der Waals surface area contributed by atoms with Crippen LogP contribution in [0.25, 0.3) is 0 Å². The summed E-state index contributed by atoms with van der Waals surface area (Å²) in [4.78, 5) is 11.7. The predicted octanol–water partition coefficient (Wildman–Crippen LogP) is 3.64. The zero-order valence-electron chi connectivity index (χ0n) is 12.0. The molecule has 3 N–H and O–H groups in total. The van der Waals surface area contributed by atoms with Crippen molar-refractivity contribution >= 4 is 11.6 Å². The van der Waals surface area contributed by atoms with Gasteiger partial charge < -0.3 is 11.1 Å². The molecule has 0 aliphatic carbocycles. The Kier molecular flexibility index (Phi) is 7.71. The van der Waals surface area contributed by atoms with Crippen LogP contribution in [0.1, 0.15) is 57.4 Å². The maximum Gasteiger partial charge on any atom is 0.220 e. The van der Waals surface area contributed by atoms with Crippen molar-refractivity contribution in [1.82, 2.24) is 5.32 Å². The fourth-order valence-electron chi connectivity index (χ4n) is 2.04. The summed E-state index contributed by atoms with van der Waals surface area (Å²) in [6, 6.07) is 7.64. The highest BCUT2D eigenvalue weighted by atomic mass is 16.1. The standard InChI is InChI=1S/C16H26N2O/c1-2-3-4-5-6-7-12-16(19)18-13-14-10-8-9-11-15(14)17/h8-11H,2-7,12-13,17H2,1H3,(H,18,19). The highest BCUT2D eigenvalue weighted by Gasteiger charge is 2.02. The second-order valence-corrected chi connectivity index (χ2v) is 4.99. The van der Waals surface area contributed by atoms with Crippen LogP contribution in [0.4, 0.5) is 5.69 Å². The Morgan fingerprint density at radius 1 is 1.11 bits per heavy atom. The topological polar surface area (TPSA) is 55.1 Å². The summed E-state index contributed by atoms with van der Waals surface area (Å²) in [6.07, 6.45) is 7.86. The zero-order valence-corrected chi connectivity index (χ0v) is 12.0. The van der Waals surface area contributed by atoms with Crippen molar-refractivity contribution in [3.8, 4) is 0 Å². The predicted molar refractivity (Wildman–Crippen MR) is 80.7 cm³/mol. The molecule has 1 amide bonds. The lowest BCUT2D eigenvalue weighted by Crippen LogP contribution is -2.22. The highest BCUT2D eigenvalue weighted by molar-refractivity contribution is 5.76. The minimum atomic E-state index is 0.124. The summed E-state index contributed by atoms with van der Waals surface area (Å²) >= 11 is 0. The molecule has 0 bridgehead atoms. The fourth-order valence-corrected chi connectivity index (χ4v) is 2.04. The quantitative estimate of drug-likeness (QED) is 0.527. The van der Waals surface area contributed by atoms with Gasteiger partial charge in [-0.15, -0.1) is 0 Å². The number of anilines is 1. The van der Waals surface area contributed by atoms with Gasteiger partial charge in [-0.25, -0.2) is 0 Å². The fraction of sp³-hybridized carbons (Fsp3) is 0.562. The van der Waals surface area contributed by atoms with Crippen molar-refractivity contribution in [2.45, 2.75) is 58.4 Å². The first-order chi connectivity index (χ1) is 9.24. The molecule has 0 saturated heterocycles. The number of nitrogens with one attached hydrogen (secondary N) is 1. The molecule has 3 heteroatoms. The van der Waals surface area contributed by atoms with Crippen LogP contribution >= 0.6 is 0 Å². The molecule has 1 rings (SSSR count). The number of carbonyl (C=O) groups excluding carboxylic acids is 1. The molecule has 3 nitrogen and oxygen atoms in total. The molecule has 0 unspecified atom stereocenters. The molecule has 0 fully saturated rings. The molecule has 0 aliphatic heterocycles. The molecular formula is C16H26N2O. The summed E-state index contributed by atoms with van der Waals surface area (Å²) in [5, 5.41) is 2.92. The highest BCUT2D eigenvalue weighted by Crippen LogP contribution is 2.10. The van der Waals surface area contributed by atoms with Crippen molar-refractivity contribution in [2.24, 2.45) is 0 Å². The van der Waals surface area contributed by atoms with Crippen LogP contribution in [0.3, 0.4) is 0 Å². The number of nitrogen functional groups attached to an aromatic ring is 1. The second kappa shape index (κ2) is 9.42. The SMILES string of the molecule is CCCCCCCCC(=O)NCc1ccccc1N. The van der Waals surface area contributed by atoms with E-state index in [0.717, 1.165) is 24.1 Å². The van der Waals surface area contributed by atoms with Gasteiger partial charge in [0.15, 0.2) is 0 Å². The minimum absolute atomic E-state index is 0.124. The number of hydrogen-bond donors (Lipinski definition) is 2. The van der Waals surface area contributed by atoms with Crippen molar-refractivity contribution in [3.05, 3.63) is 29.8 Å². The van der Waals surface area contributed by atoms with Gasteiger partial charge in [-0.1, -0.05) is 57.2 Å². The van der Waals surface area contributed by atoms with Gasteiger partial charge in [0.1, 0.15) is 0 Å². The van der Waals surface area contributed by atoms with Crippen molar-refractivity contribution in [3.63, 3.8) is 0 Å². The molecule has 0 aliphatic rings. The molecule has 0 saturated carbocycles. The molecule has 1 aromatic rings. The third kappa shape index (κ3) is 6.85. The monoisotopic (exact) mass is 262 g/mol. The number of benzene rings is 1. The number of nitrogens with two attached hydrogens (primary N) is 1. The van der Waals surface area contributed by atoms with Crippen LogP contribution in [0.2, 0.25) is 0 Å². The number of unbranched alkanes of at least 4 members (excludes halogenated alkanes) is 5. The summed E-state index contributed by atoms with van der Waals surface area (Å²) < 4.78 is 0. The van der Waals surface area contributed by atoms with Crippen LogP contribution in [-0.2, 0) is 11.3 Å². The molecule has 106 valence electrons. The number of amides is 1. The molecule has 19 heavy (non-hydrogen) atoms. The first kappa shape index (κ1) is 15.5. The van der Waals surface area contributed by atoms with Crippen molar-refractivity contribution in [2.75, 3.05) is 5.73 Å². The van der Waals surface area contributed by atoms with E-state index in [-0.39, 0.29) is 5.91 Å². The lowest BCUT2D eigenvalue weighted by atomic mass is 10.1. The first-order valence-electron chi connectivity index (χ1n) is 7.34. The van der Waals surface area contributed by atoms with E-state index in [0.29, 0.717) is 13.0 Å². The van der Waals surface area contributed by atoms with E-state index in [4.69, 9.17) is 5.73 Å². The number of rotatable bonds is 9. The van der Waals surface area contributed by atoms with Crippen LogP contribution in [0, 0.1) is 0 Å². The molecule has 0 spiro atoms. The molecule has 0 heterocycles. The third-order valence-electron chi connectivity index (χ3n) is 3.29. The Bertz CT molecular complexity index is 377. The van der Waals surface area contributed by atoms with E-state index in [1.54, 1.807) is 0 Å². The molecular weight excluding hydrogens is 236 g/mol.